The van der Waals surface area contributed by atoms with Gasteiger partial charge in [0, 0.05) is 12.2 Å². The summed E-state index contributed by atoms with van der Waals surface area (Å²) in [5.41, 5.74) is 3.62. The molecular weight excluding hydrogens is 226 g/mol. The SMILES string of the molecule is Cc1ccc2c(c1)[C@@H](C)C[C@@H]2N1C(=O)C=CC1=O. The fourth-order valence-corrected chi connectivity index (χ4v) is 2.98. The highest BCUT2D eigenvalue weighted by molar-refractivity contribution is 6.13. The van der Waals surface area contributed by atoms with Gasteiger partial charge in [-0.15, -0.1) is 0 Å². The lowest BCUT2D eigenvalue weighted by molar-refractivity contribution is -0.139. The molecule has 2 aliphatic rings. The van der Waals surface area contributed by atoms with Gasteiger partial charge >= 0.3 is 0 Å². The molecule has 1 aliphatic heterocycles. The highest BCUT2D eigenvalue weighted by atomic mass is 16.2. The summed E-state index contributed by atoms with van der Waals surface area (Å²) in [7, 11) is 0. The molecule has 3 rings (SSSR count). The number of nitrogens with zero attached hydrogens (tertiary/aromatic N) is 1. The Morgan fingerprint density at radius 1 is 1.11 bits per heavy atom. The van der Waals surface area contributed by atoms with Crippen LogP contribution in [0.5, 0.6) is 0 Å². The van der Waals surface area contributed by atoms with E-state index >= 15 is 0 Å². The van der Waals surface area contributed by atoms with E-state index in [0.717, 1.165) is 12.0 Å². The van der Waals surface area contributed by atoms with Gasteiger partial charge in [0.05, 0.1) is 6.04 Å². The van der Waals surface area contributed by atoms with Crippen LogP contribution in [0.2, 0.25) is 0 Å². The molecule has 0 spiro atoms. The van der Waals surface area contributed by atoms with Crippen LogP contribution in [0, 0.1) is 6.92 Å². The van der Waals surface area contributed by atoms with Crippen LogP contribution >= 0.6 is 0 Å². The molecule has 0 N–H and O–H groups in total. The molecule has 1 aromatic carbocycles. The fraction of sp³-hybridized carbons (Fsp3) is 0.333. The Balaban J connectivity index is 2.03. The van der Waals surface area contributed by atoms with E-state index in [1.165, 1.54) is 28.2 Å². The Labute approximate surface area is 106 Å². The molecule has 0 aromatic heterocycles. The lowest BCUT2D eigenvalue weighted by atomic mass is 10.0. The molecule has 3 nitrogen and oxygen atoms in total. The fourth-order valence-electron chi connectivity index (χ4n) is 2.98. The average molecular weight is 241 g/mol. The molecule has 1 aliphatic carbocycles. The molecule has 0 unspecified atom stereocenters. The molecule has 18 heavy (non-hydrogen) atoms. The van der Waals surface area contributed by atoms with Gasteiger partial charge in [-0.1, -0.05) is 30.7 Å². The Bertz CT molecular complexity index is 556. The maximum absolute atomic E-state index is 11.8. The van der Waals surface area contributed by atoms with Gasteiger partial charge < -0.3 is 0 Å². The maximum Gasteiger partial charge on any atom is 0.254 e. The topological polar surface area (TPSA) is 37.4 Å². The third-order valence-corrected chi connectivity index (χ3v) is 3.86. The molecule has 3 heteroatoms. The first-order valence-electron chi connectivity index (χ1n) is 6.23. The Hall–Kier alpha value is -1.90. The van der Waals surface area contributed by atoms with Crippen LogP contribution in [-0.2, 0) is 9.59 Å². The standard InChI is InChI=1S/C15H15NO2/c1-9-3-4-11-12(7-9)10(2)8-13(11)16-14(17)5-6-15(16)18/h3-7,10,13H,8H2,1-2H3/t10-,13-/m0/s1. The van der Waals surface area contributed by atoms with E-state index in [0.29, 0.717) is 5.92 Å². The number of carbonyl (C=O) groups excluding carboxylic acids is 2. The summed E-state index contributed by atoms with van der Waals surface area (Å²) >= 11 is 0. The van der Waals surface area contributed by atoms with Crippen molar-refractivity contribution in [3.63, 3.8) is 0 Å². The smallest absolute Gasteiger partial charge is 0.254 e. The van der Waals surface area contributed by atoms with Crippen molar-refractivity contribution in [2.75, 3.05) is 0 Å². The second kappa shape index (κ2) is 3.80. The Morgan fingerprint density at radius 3 is 2.44 bits per heavy atom. The molecule has 0 saturated carbocycles. The Morgan fingerprint density at radius 2 is 1.78 bits per heavy atom. The number of hydrogen-bond donors (Lipinski definition) is 0. The van der Waals surface area contributed by atoms with Gasteiger partial charge in [-0.3, -0.25) is 14.5 Å². The quantitative estimate of drug-likeness (QED) is 0.708. The molecule has 0 saturated heterocycles. The van der Waals surface area contributed by atoms with E-state index in [1.54, 1.807) is 0 Å². The molecule has 0 fully saturated rings. The van der Waals surface area contributed by atoms with Crippen molar-refractivity contribution in [1.82, 2.24) is 4.90 Å². The van der Waals surface area contributed by atoms with E-state index in [-0.39, 0.29) is 17.9 Å². The zero-order valence-electron chi connectivity index (χ0n) is 10.5. The number of aryl methyl sites for hydroxylation is 1. The van der Waals surface area contributed by atoms with Crippen molar-refractivity contribution >= 4 is 11.8 Å². The van der Waals surface area contributed by atoms with Gasteiger partial charge in [-0.05, 0) is 30.4 Å². The zero-order chi connectivity index (χ0) is 12.9. The van der Waals surface area contributed by atoms with E-state index in [4.69, 9.17) is 0 Å². The van der Waals surface area contributed by atoms with Gasteiger partial charge in [0.15, 0.2) is 0 Å². The molecule has 0 radical (unpaired) electrons. The number of hydrogen-bond acceptors (Lipinski definition) is 2. The minimum Gasteiger partial charge on any atom is -0.269 e. The van der Waals surface area contributed by atoms with Gasteiger partial charge in [0.2, 0.25) is 0 Å². The number of amides is 2. The van der Waals surface area contributed by atoms with Crippen molar-refractivity contribution < 1.29 is 9.59 Å². The number of fused-ring (bicyclic) bond motifs is 1. The summed E-state index contributed by atoms with van der Waals surface area (Å²) in [6.07, 6.45) is 3.55. The van der Waals surface area contributed by atoms with Gasteiger partial charge in [0.25, 0.3) is 11.8 Å². The lowest BCUT2D eigenvalue weighted by Gasteiger charge is -2.23. The lowest BCUT2D eigenvalue weighted by Crippen LogP contribution is -2.33. The van der Waals surface area contributed by atoms with E-state index in [9.17, 15) is 9.59 Å². The monoisotopic (exact) mass is 241 g/mol. The highest BCUT2D eigenvalue weighted by Crippen LogP contribution is 2.44. The van der Waals surface area contributed by atoms with E-state index in [1.807, 2.05) is 6.07 Å². The highest BCUT2D eigenvalue weighted by Gasteiger charge is 2.38. The Kier molecular flexibility index (Phi) is 2.37. The summed E-state index contributed by atoms with van der Waals surface area (Å²) < 4.78 is 0. The number of benzene rings is 1. The van der Waals surface area contributed by atoms with Crippen LogP contribution in [0.25, 0.3) is 0 Å². The normalized spacial score (nSPS) is 26.0. The summed E-state index contributed by atoms with van der Waals surface area (Å²) in [6, 6.07) is 6.17. The molecule has 2 atom stereocenters. The van der Waals surface area contributed by atoms with E-state index < -0.39 is 0 Å². The van der Waals surface area contributed by atoms with Crippen molar-refractivity contribution in [3.8, 4) is 0 Å². The first kappa shape index (κ1) is 11.2. The van der Waals surface area contributed by atoms with Crippen LogP contribution in [0.3, 0.4) is 0 Å². The number of carbonyl (C=O) groups is 2. The summed E-state index contributed by atoms with van der Waals surface area (Å²) in [6.45, 7) is 4.21. The first-order chi connectivity index (χ1) is 8.58. The van der Waals surface area contributed by atoms with Crippen LogP contribution < -0.4 is 0 Å². The van der Waals surface area contributed by atoms with E-state index in [2.05, 4.69) is 26.0 Å². The minimum absolute atomic E-state index is 0.0920. The predicted octanol–water partition coefficient (Wildman–Crippen LogP) is 2.47. The minimum atomic E-state index is -0.189. The molecule has 1 heterocycles. The second-order valence-corrected chi connectivity index (χ2v) is 5.16. The first-order valence-corrected chi connectivity index (χ1v) is 6.23. The van der Waals surface area contributed by atoms with Gasteiger partial charge in [-0.2, -0.15) is 0 Å². The van der Waals surface area contributed by atoms with Crippen molar-refractivity contribution in [1.29, 1.82) is 0 Å². The zero-order valence-corrected chi connectivity index (χ0v) is 10.5. The third kappa shape index (κ3) is 1.50. The van der Waals surface area contributed by atoms with Crippen LogP contribution in [-0.4, -0.2) is 16.7 Å². The summed E-state index contributed by atoms with van der Waals surface area (Å²) in [4.78, 5) is 24.9. The van der Waals surface area contributed by atoms with Gasteiger partial charge in [0.1, 0.15) is 0 Å². The number of rotatable bonds is 1. The molecule has 92 valence electrons. The van der Waals surface area contributed by atoms with Crippen LogP contribution in [0.1, 0.15) is 42.0 Å². The summed E-state index contributed by atoms with van der Waals surface area (Å²) in [5, 5.41) is 0. The third-order valence-electron chi connectivity index (χ3n) is 3.86. The average Bonchev–Trinajstić information content (AvgIpc) is 2.81. The largest absolute Gasteiger partial charge is 0.269 e. The molecule has 1 aromatic rings. The van der Waals surface area contributed by atoms with Crippen molar-refractivity contribution in [2.24, 2.45) is 0 Å². The predicted molar refractivity (Wildman–Crippen MR) is 67.9 cm³/mol. The number of imide groups is 1. The second-order valence-electron chi connectivity index (χ2n) is 5.16. The molecule has 2 amide bonds. The molecule has 0 bridgehead atoms. The van der Waals surface area contributed by atoms with Gasteiger partial charge in [-0.25, -0.2) is 0 Å². The van der Waals surface area contributed by atoms with Crippen LogP contribution in [0.15, 0.2) is 30.4 Å². The summed E-state index contributed by atoms with van der Waals surface area (Å²) in [5.74, 6) is 0.0161. The van der Waals surface area contributed by atoms with Crippen molar-refractivity contribution in [2.45, 2.75) is 32.2 Å². The molecular formula is C15H15NO2. The van der Waals surface area contributed by atoms with Crippen molar-refractivity contribution in [3.05, 3.63) is 47.0 Å². The van der Waals surface area contributed by atoms with Crippen LogP contribution in [0.4, 0.5) is 0 Å². The maximum atomic E-state index is 11.8.